The van der Waals surface area contributed by atoms with Crippen LogP contribution in [0.4, 0.5) is 10.2 Å². The van der Waals surface area contributed by atoms with Crippen LogP contribution in [-0.4, -0.2) is 19.5 Å². The summed E-state index contributed by atoms with van der Waals surface area (Å²) in [5.74, 6) is 0.0611. The van der Waals surface area contributed by atoms with Crippen molar-refractivity contribution >= 4 is 5.82 Å². The van der Waals surface area contributed by atoms with E-state index in [9.17, 15) is 9.18 Å². The van der Waals surface area contributed by atoms with Crippen molar-refractivity contribution in [2.24, 2.45) is 7.05 Å². The number of para-hydroxylation sites is 1. The van der Waals surface area contributed by atoms with E-state index < -0.39 is 5.82 Å². The molecule has 7 nitrogen and oxygen atoms in total. The second kappa shape index (κ2) is 8.74. The minimum atomic E-state index is -0.499. The molecular weight excluding hydrogens is 397 g/mol. The number of nitrogens with one attached hydrogen (secondary N) is 1. The molecule has 1 N–H and O–H groups in total. The van der Waals surface area contributed by atoms with E-state index in [0.29, 0.717) is 29.2 Å². The highest BCUT2D eigenvalue weighted by molar-refractivity contribution is 5.62. The number of aryl methyl sites for hydroxylation is 2. The largest absolute Gasteiger partial charge is 0.421 e. The first-order chi connectivity index (χ1) is 15.0. The van der Waals surface area contributed by atoms with Crippen LogP contribution in [0.15, 0.2) is 71.9 Å². The zero-order valence-electron chi connectivity index (χ0n) is 17.0. The summed E-state index contributed by atoms with van der Waals surface area (Å²) in [6.07, 6.45) is 5.13. The van der Waals surface area contributed by atoms with Gasteiger partial charge in [0.25, 0.3) is 0 Å². The molecule has 3 heterocycles. The molecule has 0 bridgehead atoms. The third-order valence-electron chi connectivity index (χ3n) is 4.64. The number of anilines is 1. The van der Waals surface area contributed by atoms with Crippen molar-refractivity contribution in [1.29, 1.82) is 0 Å². The molecule has 0 spiro atoms. The highest BCUT2D eigenvalue weighted by atomic mass is 19.1. The number of nitrogens with zero attached hydrogens (tertiary/aromatic N) is 4. The van der Waals surface area contributed by atoms with Gasteiger partial charge in [-0.1, -0.05) is 18.2 Å². The van der Waals surface area contributed by atoms with E-state index in [1.807, 2.05) is 12.1 Å². The van der Waals surface area contributed by atoms with Crippen molar-refractivity contribution in [3.05, 3.63) is 94.4 Å². The zero-order valence-corrected chi connectivity index (χ0v) is 17.0. The summed E-state index contributed by atoms with van der Waals surface area (Å²) in [7, 11) is 1.66. The Morgan fingerprint density at radius 2 is 2.00 bits per heavy atom. The van der Waals surface area contributed by atoms with Crippen LogP contribution in [0.3, 0.4) is 0 Å². The molecule has 8 heteroatoms. The van der Waals surface area contributed by atoms with Crippen LogP contribution < -0.4 is 15.6 Å². The standard InChI is InChI=1S/C23H20FN5O2/c1-15-5-3-7-18(24)22(15)31-23-27-19(17-8-9-21(30)29(2)14-17)11-20(28-23)26-13-16-6-4-10-25-12-16/h3-12,14H,13H2,1-2H3,(H,26,27,28). The number of rotatable bonds is 6. The smallest absolute Gasteiger partial charge is 0.324 e. The Morgan fingerprint density at radius 3 is 2.74 bits per heavy atom. The second-order valence-corrected chi connectivity index (χ2v) is 6.99. The van der Waals surface area contributed by atoms with Crippen molar-refractivity contribution in [1.82, 2.24) is 19.5 Å². The minimum absolute atomic E-state index is 0.00626. The Bertz CT molecular complexity index is 1250. The molecule has 4 rings (SSSR count). The summed E-state index contributed by atoms with van der Waals surface area (Å²) >= 11 is 0. The summed E-state index contributed by atoms with van der Waals surface area (Å²) in [5, 5.41) is 3.22. The molecule has 0 fully saturated rings. The molecule has 31 heavy (non-hydrogen) atoms. The van der Waals surface area contributed by atoms with Gasteiger partial charge in [0.2, 0.25) is 5.56 Å². The monoisotopic (exact) mass is 417 g/mol. The van der Waals surface area contributed by atoms with E-state index in [4.69, 9.17) is 4.74 Å². The molecule has 3 aromatic heterocycles. The average molecular weight is 417 g/mol. The molecule has 0 aliphatic carbocycles. The molecule has 0 atom stereocenters. The Kier molecular flexibility index (Phi) is 5.70. The molecule has 1 aromatic carbocycles. The lowest BCUT2D eigenvalue weighted by Gasteiger charge is -2.12. The maximum Gasteiger partial charge on any atom is 0.324 e. The third-order valence-corrected chi connectivity index (χ3v) is 4.64. The quantitative estimate of drug-likeness (QED) is 0.509. The second-order valence-electron chi connectivity index (χ2n) is 6.99. The molecule has 0 saturated carbocycles. The topological polar surface area (TPSA) is 81.9 Å². The Morgan fingerprint density at radius 1 is 1.13 bits per heavy atom. The maximum atomic E-state index is 14.3. The molecule has 4 aromatic rings. The van der Waals surface area contributed by atoms with Gasteiger partial charge in [-0.3, -0.25) is 9.78 Å². The summed E-state index contributed by atoms with van der Waals surface area (Å²) in [6.45, 7) is 2.23. The van der Waals surface area contributed by atoms with Crippen LogP contribution in [0.1, 0.15) is 11.1 Å². The van der Waals surface area contributed by atoms with Crippen LogP contribution in [0.5, 0.6) is 11.8 Å². The van der Waals surface area contributed by atoms with Crippen LogP contribution in [0, 0.1) is 12.7 Å². The molecule has 156 valence electrons. The van der Waals surface area contributed by atoms with E-state index in [1.54, 1.807) is 56.8 Å². The molecule has 0 amide bonds. The predicted molar refractivity (Wildman–Crippen MR) is 115 cm³/mol. The summed E-state index contributed by atoms with van der Waals surface area (Å²) < 4.78 is 21.5. The zero-order chi connectivity index (χ0) is 21.8. The minimum Gasteiger partial charge on any atom is -0.421 e. The van der Waals surface area contributed by atoms with Crippen molar-refractivity contribution in [3.63, 3.8) is 0 Å². The van der Waals surface area contributed by atoms with Gasteiger partial charge < -0.3 is 14.6 Å². The van der Waals surface area contributed by atoms with Gasteiger partial charge in [0, 0.05) is 49.9 Å². The Balaban J connectivity index is 1.72. The third kappa shape index (κ3) is 4.75. The van der Waals surface area contributed by atoms with E-state index in [0.717, 1.165) is 5.56 Å². The number of ether oxygens (including phenoxy) is 1. The first-order valence-corrected chi connectivity index (χ1v) is 9.61. The highest BCUT2D eigenvalue weighted by Gasteiger charge is 2.13. The fraction of sp³-hybridized carbons (Fsp3) is 0.130. The van der Waals surface area contributed by atoms with Crippen molar-refractivity contribution < 1.29 is 9.13 Å². The fourth-order valence-corrected chi connectivity index (χ4v) is 2.99. The molecule has 0 aliphatic heterocycles. The van der Waals surface area contributed by atoms with E-state index >= 15 is 0 Å². The van der Waals surface area contributed by atoms with Gasteiger partial charge in [-0.25, -0.2) is 4.39 Å². The van der Waals surface area contributed by atoms with Gasteiger partial charge in [-0.05, 0) is 36.2 Å². The number of benzene rings is 1. The number of hydrogen-bond donors (Lipinski definition) is 1. The lowest BCUT2D eigenvalue weighted by atomic mass is 10.2. The van der Waals surface area contributed by atoms with Crippen LogP contribution in [-0.2, 0) is 13.6 Å². The van der Waals surface area contributed by atoms with Crippen LogP contribution in [0.25, 0.3) is 11.3 Å². The van der Waals surface area contributed by atoms with Crippen molar-refractivity contribution in [2.45, 2.75) is 13.5 Å². The number of halogens is 1. The molecule has 0 saturated heterocycles. The van der Waals surface area contributed by atoms with Crippen LogP contribution in [0.2, 0.25) is 0 Å². The highest BCUT2D eigenvalue weighted by Crippen LogP contribution is 2.29. The normalized spacial score (nSPS) is 10.7. The SMILES string of the molecule is Cc1cccc(F)c1Oc1nc(NCc2cccnc2)cc(-c2ccc(=O)n(C)c2)n1. The van der Waals surface area contributed by atoms with Crippen molar-refractivity contribution in [3.8, 4) is 23.0 Å². The molecule has 0 radical (unpaired) electrons. The van der Waals surface area contributed by atoms with Crippen molar-refractivity contribution in [2.75, 3.05) is 5.32 Å². The average Bonchev–Trinajstić information content (AvgIpc) is 2.77. The summed E-state index contributed by atoms with van der Waals surface area (Å²) in [5.41, 5.74) is 2.69. The van der Waals surface area contributed by atoms with E-state index in [2.05, 4.69) is 20.3 Å². The van der Waals surface area contributed by atoms with Gasteiger partial charge in [0.15, 0.2) is 11.6 Å². The first kappa shape index (κ1) is 20.2. The van der Waals surface area contributed by atoms with Gasteiger partial charge in [-0.2, -0.15) is 9.97 Å². The van der Waals surface area contributed by atoms with E-state index in [1.165, 1.54) is 16.7 Å². The maximum absolute atomic E-state index is 14.3. The first-order valence-electron chi connectivity index (χ1n) is 9.61. The lowest BCUT2D eigenvalue weighted by molar-refractivity contribution is 0.409. The molecular formula is C23H20FN5O2. The van der Waals surface area contributed by atoms with Gasteiger partial charge in [-0.15, -0.1) is 0 Å². The fourth-order valence-electron chi connectivity index (χ4n) is 2.99. The van der Waals surface area contributed by atoms with Gasteiger partial charge >= 0.3 is 6.01 Å². The number of pyridine rings is 2. The predicted octanol–water partition coefficient (Wildman–Crippen LogP) is 4.09. The number of aromatic nitrogens is 4. The summed E-state index contributed by atoms with van der Waals surface area (Å²) in [4.78, 5) is 24.7. The Labute approximate surface area is 178 Å². The molecule has 0 unspecified atom stereocenters. The van der Waals surface area contributed by atoms with E-state index in [-0.39, 0.29) is 17.3 Å². The lowest BCUT2D eigenvalue weighted by Crippen LogP contribution is -2.14. The summed E-state index contributed by atoms with van der Waals surface area (Å²) in [6, 6.07) is 13.3. The van der Waals surface area contributed by atoms with Gasteiger partial charge in [0.05, 0.1) is 5.69 Å². The van der Waals surface area contributed by atoms with Gasteiger partial charge in [0.1, 0.15) is 5.82 Å². The molecule has 0 aliphatic rings. The van der Waals surface area contributed by atoms with Crippen LogP contribution >= 0.6 is 0 Å². The Hall–Kier alpha value is -4.07. The number of hydrogen-bond acceptors (Lipinski definition) is 6.